The van der Waals surface area contributed by atoms with Crippen LogP contribution in [-0.4, -0.2) is 14.8 Å². The lowest BCUT2D eigenvalue weighted by Gasteiger charge is -2.05. The van der Waals surface area contributed by atoms with Crippen LogP contribution in [0.1, 0.15) is 24.5 Å². The van der Waals surface area contributed by atoms with Gasteiger partial charge in [0.15, 0.2) is 0 Å². The molecule has 4 aromatic rings. The summed E-state index contributed by atoms with van der Waals surface area (Å²) in [5.74, 6) is 0. The van der Waals surface area contributed by atoms with Gasteiger partial charge >= 0.3 is 0 Å². The van der Waals surface area contributed by atoms with Crippen molar-refractivity contribution >= 4 is 22.5 Å². The van der Waals surface area contributed by atoms with Gasteiger partial charge in [0.2, 0.25) is 0 Å². The summed E-state index contributed by atoms with van der Waals surface area (Å²) < 4.78 is 2.04. The minimum atomic E-state index is 0.667. The molecule has 0 aliphatic heterocycles. The molecule has 0 spiro atoms. The van der Waals surface area contributed by atoms with Gasteiger partial charge in [-0.1, -0.05) is 67.4 Å². The number of para-hydroxylation sites is 1. The molecule has 2 heterocycles. The van der Waals surface area contributed by atoms with Crippen molar-refractivity contribution in [2.24, 2.45) is 0 Å². The number of aryl methyl sites for hydroxylation is 1. The first-order valence-electron chi connectivity index (χ1n) is 8.90. The SMILES string of the molecule is CCCc1ccc(Cn2nc(-c3cc(Cl)ccn3)c3ccccc32)cc1. The maximum absolute atomic E-state index is 6.15. The van der Waals surface area contributed by atoms with Gasteiger partial charge in [-0.2, -0.15) is 5.10 Å². The van der Waals surface area contributed by atoms with Gasteiger partial charge in [-0.25, -0.2) is 0 Å². The van der Waals surface area contributed by atoms with E-state index in [1.54, 1.807) is 12.3 Å². The smallest absolute Gasteiger partial charge is 0.119 e. The Morgan fingerprint density at radius 3 is 2.50 bits per heavy atom. The summed E-state index contributed by atoms with van der Waals surface area (Å²) in [6.45, 7) is 2.93. The molecule has 130 valence electrons. The molecule has 3 nitrogen and oxygen atoms in total. The molecule has 0 aliphatic rings. The molecule has 0 saturated heterocycles. The summed E-state index contributed by atoms with van der Waals surface area (Å²) >= 11 is 6.15. The molecule has 2 aromatic heterocycles. The molecule has 0 amide bonds. The Balaban J connectivity index is 1.74. The summed E-state index contributed by atoms with van der Waals surface area (Å²) in [6, 6.07) is 20.7. The average molecular weight is 362 g/mol. The third-order valence-corrected chi connectivity index (χ3v) is 4.75. The quantitative estimate of drug-likeness (QED) is 0.453. The number of hydrogen-bond acceptors (Lipinski definition) is 2. The molecule has 26 heavy (non-hydrogen) atoms. The van der Waals surface area contributed by atoms with Crippen LogP contribution in [0.25, 0.3) is 22.3 Å². The third kappa shape index (κ3) is 3.35. The second-order valence-corrected chi connectivity index (χ2v) is 6.89. The Morgan fingerprint density at radius 1 is 0.962 bits per heavy atom. The van der Waals surface area contributed by atoms with Gasteiger partial charge in [-0.15, -0.1) is 0 Å². The van der Waals surface area contributed by atoms with E-state index >= 15 is 0 Å². The van der Waals surface area contributed by atoms with Crippen molar-refractivity contribution in [1.29, 1.82) is 0 Å². The molecular weight excluding hydrogens is 342 g/mol. The van der Waals surface area contributed by atoms with Crippen molar-refractivity contribution in [2.75, 3.05) is 0 Å². The average Bonchev–Trinajstić information content (AvgIpc) is 3.02. The maximum Gasteiger partial charge on any atom is 0.119 e. The first-order chi connectivity index (χ1) is 12.7. The van der Waals surface area contributed by atoms with Crippen molar-refractivity contribution in [1.82, 2.24) is 14.8 Å². The summed E-state index contributed by atoms with van der Waals surface area (Å²) in [7, 11) is 0. The number of benzene rings is 2. The number of halogens is 1. The molecule has 0 bridgehead atoms. The number of rotatable bonds is 5. The lowest BCUT2D eigenvalue weighted by molar-refractivity contribution is 0.714. The van der Waals surface area contributed by atoms with Crippen molar-refractivity contribution in [3.05, 3.63) is 83.0 Å². The largest absolute Gasteiger partial charge is 0.260 e. The van der Waals surface area contributed by atoms with Gasteiger partial charge in [-0.3, -0.25) is 9.67 Å². The number of aromatic nitrogens is 3. The number of hydrogen-bond donors (Lipinski definition) is 0. The lowest BCUT2D eigenvalue weighted by Crippen LogP contribution is -2.02. The second-order valence-electron chi connectivity index (χ2n) is 6.45. The van der Waals surface area contributed by atoms with Crippen LogP contribution in [0.3, 0.4) is 0 Å². The fourth-order valence-electron chi connectivity index (χ4n) is 3.24. The predicted octanol–water partition coefficient (Wildman–Crippen LogP) is 5.75. The molecule has 0 aliphatic carbocycles. The summed E-state index contributed by atoms with van der Waals surface area (Å²) in [4.78, 5) is 4.45. The zero-order chi connectivity index (χ0) is 17.9. The summed E-state index contributed by atoms with van der Waals surface area (Å²) in [6.07, 6.45) is 4.01. The highest BCUT2D eigenvalue weighted by molar-refractivity contribution is 6.30. The lowest BCUT2D eigenvalue weighted by atomic mass is 10.1. The first kappa shape index (κ1) is 16.8. The van der Waals surface area contributed by atoms with E-state index in [9.17, 15) is 0 Å². The standard InChI is InChI=1S/C22H20ClN3/c1-2-5-16-8-10-17(11-9-16)15-26-21-7-4-3-6-19(21)22(25-26)20-14-18(23)12-13-24-20/h3-4,6-14H,2,5,15H2,1H3. The predicted molar refractivity (Wildman–Crippen MR) is 108 cm³/mol. The fourth-order valence-corrected chi connectivity index (χ4v) is 3.40. The van der Waals surface area contributed by atoms with E-state index < -0.39 is 0 Å². The summed E-state index contributed by atoms with van der Waals surface area (Å²) in [5, 5.41) is 6.60. The van der Waals surface area contributed by atoms with Gasteiger partial charge in [0.05, 0.1) is 17.8 Å². The zero-order valence-corrected chi connectivity index (χ0v) is 15.4. The van der Waals surface area contributed by atoms with E-state index in [2.05, 4.69) is 48.3 Å². The van der Waals surface area contributed by atoms with E-state index in [4.69, 9.17) is 16.7 Å². The van der Waals surface area contributed by atoms with Crippen LogP contribution in [0.15, 0.2) is 66.9 Å². The molecule has 0 saturated carbocycles. The molecule has 4 heteroatoms. The maximum atomic E-state index is 6.15. The zero-order valence-electron chi connectivity index (χ0n) is 14.7. The highest BCUT2D eigenvalue weighted by Gasteiger charge is 2.13. The normalized spacial score (nSPS) is 11.2. The van der Waals surface area contributed by atoms with E-state index in [1.165, 1.54) is 17.5 Å². The van der Waals surface area contributed by atoms with Crippen LogP contribution in [-0.2, 0) is 13.0 Å². The number of fused-ring (bicyclic) bond motifs is 1. The molecule has 0 unspecified atom stereocenters. The Kier molecular flexibility index (Phi) is 4.72. The van der Waals surface area contributed by atoms with Crippen molar-refractivity contribution in [3.8, 4) is 11.4 Å². The highest BCUT2D eigenvalue weighted by atomic mass is 35.5. The van der Waals surface area contributed by atoms with E-state index in [-0.39, 0.29) is 0 Å². The summed E-state index contributed by atoms with van der Waals surface area (Å²) in [5.41, 5.74) is 5.38. The second kappa shape index (κ2) is 7.30. The van der Waals surface area contributed by atoms with Gasteiger partial charge in [0.25, 0.3) is 0 Å². The topological polar surface area (TPSA) is 30.7 Å². The van der Waals surface area contributed by atoms with Crippen molar-refractivity contribution < 1.29 is 0 Å². The van der Waals surface area contributed by atoms with Crippen LogP contribution in [0, 0.1) is 0 Å². The molecule has 2 aromatic carbocycles. The van der Waals surface area contributed by atoms with E-state index in [1.807, 2.05) is 22.9 Å². The first-order valence-corrected chi connectivity index (χ1v) is 9.27. The number of pyridine rings is 1. The van der Waals surface area contributed by atoms with E-state index in [0.717, 1.165) is 35.3 Å². The Bertz CT molecular complexity index is 1030. The van der Waals surface area contributed by atoms with Crippen molar-refractivity contribution in [2.45, 2.75) is 26.3 Å². The van der Waals surface area contributed by atoms with E-state index in [0.29, 0.717) is 5.02 Å². The Hall–Kier alpha value is -2.65. The van der Waals surface area contributed by atoms with Gasteiger partial charge in [0, 0.05) is 16.6 Å². The molecule has 4 rings (SSSR count). The van der Waals surface area contributed by atoms with Gasteiger partial charge < -0.3 is 0 Å². The fraction of sp³-hybridized carbons (Fsp3) is 0.182. The van der Waals surface area contributed by atoms with Crippen LogP contribution >= 0.6 is 11.6 Å². The number of nitrogens with zero attached hydrogens (tertiary/aromatic N) is 3. The molecule has 0 atom stereocenters. The Labute approximate surface area is 158 Å². The Morgan fingerprint density at radius 2 is 1.73 bits per heavy atom. The van der Waals surface area contributed by atoms with Crippen LogP contribution in [0.2, 0.25) is 5.02 Å². The van der Waals surface area contributed by atoms with Gasteiger partial charge in [-0.05, 0) is 35.7 Å². The minimum Gasteiger partial charge on any atom is -0.260 e. The molecule has 0 fully saturated rings. The van der Waals surface area contributed by atoms with Gasteiger partial charge in [0.1, 0.15) is 5.69 Å². The third-order valence-electron chi connectivity index (χ3n) is 4.52. The highest BCUT2D eigenvalue weighted by Crippen LogP contribution is 2.28. The molecule has 0 N–H and O–H groups in total. The monoisotopic (exact) mass is 361 g/mol. The molecular formula is C22H20ClN3. The van der Waals surface area contributed by atoms with Crippen molar-refractivity contribution in [3.63, 3.8) is 0 Å². The minimum absolute atomic E-state index is 0.667. The van der Waals surface area contributed by atoms with Crippen LogP contribution in [0.5, 0.6) is 0 Å². The van der Waals surface area contributed by atoms with Crippen LogP contribution in [0.4, 0.5) is 0 Å². The van der Waals surface area contributed by atoms with Crippen LogP contribution < -0.4 is 0 Å². The molecule has 0 radical (unpaired) electrons.